The third-order valence-electron chi connectivity index (χ3n) is 3.19. The molecule has 3 heterocycles. The van der Waals surface area contributed by atoms with Crippen LogP contribution in [0.2, 0.25) is 0 Å². The summed E-state index contributed by atoms with van der Waals surface area (Å²) >= 11 is 0. The molecule has 2 aromatic rings. The first-order valence-corrected chi connectivity index (χ1v) is 6.02. The third-order valence-corrected chi connectivity index (χ3v) is 3.19. The second-order valence-electron chi connectivity index (χ2n) is 4.37. The predicted molar refractivity (Wildman–Crippen MR) is 66.1 cm³/mol. The normalized spacial score (nSPS) is 19.9. The molecule has 1 saturated heterocycles. The van der Waals surface area contributed by atoms with Crippen molar-refractivity contribution in [2.75, 3.05) is 18.9 Å². The van der Waals surface area contributed by atoms with Crippen LogP contribution in [-0.4, -0.2) is 29.6 Å². The average molecular weight is 232 g/mol. The molecule has 3 rings (SSSR count). The van der Waals surface area contributed by atoms with E-state index >= 15 is 0 Å². The molecule has 5 heteroatoms. The van der Waals surface area contributed by atoms with Gasteiger partial charge in [0.25, 0.3) is 0 Å². The van der Waals surface area contributed by atoms with Crippen LogP contribution in [0.1, 0.15) is 18.7 Å². The first-order chi connectivity index (χ1) is 8.36. The van der Waals surface area contributed by atoms with Crippen LogP contribution >= 0.6 is 0 Å². The average Bonchev–Trinajstić information content (AvgIpc) is 2.97. The molecule has 0 aliphatic carbocycles. The topological polar surface area (TPSA) is 63.0 Å². The molecule has 0 spiro atoms. The highest BCUT2D eigenvalue weighted by Crippen LogP contribution is 2.23. The molecule has 1 atom stereocenters. The van der Waals surface area contributed by atoms with Crippen molar-refractivity contribution < 1.29 is 4.42 Å². The molecular formula is C12H16N4O. The summed E-state index contributed by atoms with van der Waals surface area (Å²) in [5, 5.41) is 6.53. The van der Waals surface area contributed by atoms with Crippen LogP contribution in [0, 0.1) is 0 Å². The molecule has 1 unspecified atom stereocenters. The first-order valence-electron chi connectivity index (χ1n) is 6.02. The summed E-state index contributed by atoms with van der Waals surface area (Å²) in [4.78, 5) is 8.65. The van der Waals surface area contributed by atoms with E-state index in [4.69, 9.17) is 4.42 Å². The van der Waals surface area contributed by atoms with Crippen LogP contribution in [0.4, 0.5) is 5.69 Å². The zero-order chi connectivity index (χ0) is 11.7. The minimum absolute atomic E-state index is 0.501. The van der Waals surface area contributed by atoms with E-state index in [0.29, 0.717) is 11.7 Å². The second-order valence-corrected chi connectivity index (χ2v) is 4.37. The smallest absolute Gasteiger partial charge is 0.200 e. The van der Waals surface area contributed by atoms with Gasteiger partial charge in [-0.15, -0.1) is 0 Å². The molecule has 17 heavy (non-hydrogen) atoms. The molecule has 0 saturated carbocycles. The maximum atomic E-state index is 5.78. The van der Waals surface area contributed by atoms with E-state index in [1.807, 2.05) is 13.1 Å². The summed E-state index contributed by atoms with van der Waals surface area (Å²) in [6, 6.07) is 2.39. The molecule has 0 radical (unpaired) electrons. The highest BCUT2D eigenvalue weighted by Gasteiger charge is 2.18. The number of nitrogens with zero attached hydrogens (tertiary/aromatic N) is 2. The molecule has 2 aromatic heterocycles. The van der Waals surface area contributed by atoms with E-state index in [2.05, 4.69) is 20.6 Å². The fourth-order valence-electron chi connectivity index (χ4n) is 2.30. The molecule has 1 fully saturated rings. The Hall–Kier alpha value is -1.62. The number of aromatic nitrogens is 2. The van der Waals surface area contributed by atoms with Gasteiger partial charge in [-0.05, 0) is 25.5 Å². The molecule has 0 aromatic carbocycles. The summed E-state index contributed by atoms with van der Waals surface area (Å²) in [5.41, 5.74) is 2.38. The fraction of sp³-hybridized carbons (Fsp3) is 0.500. The second kappa shape index (κ2) is 4.33. The predicted octanol–water partition coefficient (Wildman–Crippen LogP) is 1.56. The van der Waals surface area contributed by atoms with Crippen molar-refractivity contribution in [2.45, 2.75) is 25.3 Å². The van der Waals surface area contributed by atoms with Crippen molar-refractivity contribution in [3.05, 3.63) is 18.2 Å². The molecule has 5 nitrogen and oxygen atoms in total. The lowest BCUT2D eigenvalue weighted by molar-refractivity contribution is 0.479. The number of rotatable bonds is 3. The van der Waals surface area contributed by atoms with E-state index < -0.39 is 0 Å². The van der Waals surface area contributed by atoms with E-state index in [-0.39, 0.29) is 0 Å². The number of hydrogen-bond donors (Lipinski definition) is 2. The summed E-state index contributed by atoms with van der Waals surface area (Å²) < 4.78 is 5.78. The standard InChI is InChI=1S/C12H16N4O/c1-13-9-4-6-15-12-11(9)17-10(16-12)7-8-3-2-5-14-8/h4,6,8,14H,2-3,5,7H2,1H3,(H,13,15). The fourth-order valence-corrected chi connectivity index (χ4v) is 2.30. The Kier molecular flexibility index (Phi) is 2.68. The van der Waals surface area contributed by atoms with E-state index in [1.165, 1.54) is 12.8 Å². The molecule has 1 aliphatic rings. The highest BCUT2D eigenvalue weighted by molar-refractivity contribution is 5.82. The van der Waals surface area contributed by atoms with Crippen molar-refractivity contribution in [3.63, 3.8) is 0 Å². The number of nitrogens with one attached hydrogen (secondary N) is 2. The van der Waals surface area contributed by atoms with Gasteiger partial charge in [0, 0.05) is 25.7 Å². The Morgan fingerprint density at radius 1 is 1.59 bits per heavy atom. The molecule has 2 N–H and O–H groups in total. The number of fused-ring (bicyclic) bond motifs is 1. The van der Waals surface area contributed by atoms with Gasteiger partial charge in [-0.25, -0.2) is 4.98 Å². The van der Waals surface area contributed by atoms with Crippen LogP contribution in [0.15, 0.2) is 16.7 Å². The van der Waals surface area contributed by atoms with Gasteiger partial charge in [-0.1, -0.05) is 0 Å². The molecule has 0 bridgehead atoms. The Balaban J connectivity index is 1.90. The van der Waals surface area contributed by atoms with Crippen molar-refractivity contribution in [1.82, 2.24) is 15.3 Å². The SMILES string of the molecule is CNc1ccnc2nc(CC3CCCN3)oc12. The van der Waals surface area contributed by atoms with Gasteiger partial charge in [-0.2, -0.15) is 4.98 Å². The molecule has 0 amide bonds. The summed E-state index contributed by atoms with van der Waals surface area (Å²) in [6.07, 6.45) is 5.03. The van der Waals surface area contributed by atoms with Gasteiger partial charge in [0.2, 0.25) is 5.65 Å². The minimum Gasteiger partial charge on any atom is -0.437 e. The molecule has 1 aliphatic heterocycles. The molecular weight excluding hydrogens is 216 g/mol. The van der Waals surface area contributed by atoms with Crippen LogP contribution in [0.5, 0.6) is 0 Å². The van der Waals surface area contributed by atoms with Crippen LogP contribution in [-0.2, 0) is 6.42 Å². The maximum absolute atomic E-state index is 5.78. The Morgan fingerprint density at radius 3 is 3.29 bits per heavy atom. The lowest BCUT2D eigenvalue weighted by Gasteiger charge is -2.05. The Morgan fingerprint density at radius 2 is 2.53 bits per heavy atom. The quantitative estimate of drug-likeness (QED) is 0.840. The van der Waals surface area contributed by atoms with E-state index in [9.17, 15) is 0 Å². The van der Waals surface area contributed by atoms with Crippen molar-refractivity contribution in [3.8, 4) is 0 Å². The zero-order valence-corrected chi connectivity index (χ0v) is 9.86. The summed E-state index contributed by atoms with van der Waals surface area (Å²) in [7, 11) is 1.87. The lowest BCUT2D eigenvalue weighted by atomic mass is 10.2. The summed E-state index contributed by atoms with van der Waals surface area (Å²) in [6.45, 7) is 1.10. The van der Waals surface area contributed by atoms with Gasteiger partial charge >= 0.3 is 0 Å². The largest absolute Gasteiger partial charge is 0.437 e. The minimum atomic E-state index is 0.501. The molecule has 90 valence electrons. The Bertz CT molecular complexity index is 516. The number of pyridine rings is 1. The van der Waals surface area contributed by atoms with Crippen molar-refractivity contribution in [2.24, 2.45) is 0 Å². The van der Waals surface area contributed by atoms with Gasteiger partial charge in [0.1, 0.15) is 0 Å². The van der Waals surface area contributed by atoms with Crippen molar-refractivity contribution in [1.29, 1.82) is 0 Å². The van der Waals surface area contributed by atoms with Gasteiger partial charge in [-0.3, -0.25) is 0 Å². The zero-order valence-electron chi connectivity index (χ0n) is 9.86. The highest BCUT2D eigenvalue weighted by atomic mass is 16.3. The Labute approximate surface area is 99.6 Å². The van der Waals surface area contributed by atoms with Gasteiger partial charge < -0.3 is 15.1 Å². The van der Waals surface area contributed by atoms with E-state index in [0.717, 1.165) is 30.1 Å². The third kappa shape index (κ3) is 1.98. The van der Waals surface area contributed by atoms with E-state index in [1.54, 1.807) is 6.20 Å². The van der Waals surface area contributed by atoms with Crippen LogP contribution in [0.25, 0.3) is 11.2 Å². The van der Waals surface area contributed by atoms with Crippen LogP contribution in [0.3, 0.4) is 0 Å². The number of anilines is 1. The monoisotopic (exact) mass is 232 g/mol. The van der Waals surface area contributed by atoms with Gasteiger partial charge in [0.05, 0.1) is 5.69 Å². The van der Waals surface area contributed by atoms with Gasteiger partial charge in [0.15, 0.2) is 11.5 Å². The number of oxazole rings is 1. The van der Waals surface area contributed by atoms with Crippen LogP contribution < -0.4 is 10.6 Å². The van der Waals surface area contributed by atoms with Crippen molar-refractivity contribution >= 4 is 16.9 Å². The number of hydrogen-bond acceptors (Lipinski definition) is 5. The first kappa shape index (κ1) is 10.5. The maximum Gasteiger partial charge on any atom is 0.200 e. The lowest BCUT2D eigenvalue weighted by Crippen LogP contribution is -2.23. The summed E-state index contributed by atoms with van der Waals surface area (Å²) in [5.74, 6) is 0.773.